The van der Waals surface area contributed by atoms with Crippen molar-refractivity contribution in [3.63, 3.8) is 0 Å². The zero-order valence-electron chi connectivity index (χ0n) is 12.2. The third-order valence-electron chi connectivity index (χ3n) is 3.50. The second-order valence-corrected chi connectivity index (χ2v) is 5.20. The summed E-state index contributed by atoms with van der Waals surface area (Å²) in [4.78, 5) is 0. The maximum absolute atomic E-state index is 4.20. The number of nitrogens with one attached hydrogen (secondary N) is 1. The molecule has 0 aliphatic heterocycles. The third kappa shape index (κ3) is 3.51. The number of para-hydroxylation sites is 1. The lowest BCUT2D eigenvalue weighted by atomic mass is 10.0. The smallest absolute Gasteiger partial charge is 0.0539 e. The first kappa shape index (κ1) is 13.4. The molecule has 0 saturated carbocycles. The second-order valence-electron chi connectivity index (χ2n) is 5.20. The van der Waals surface area contributed by atoms with Crippen molar-refractivity contribution in [1.29, 1.82) is 0 Å². The molecule has 3 rings (SSSR count). The van der Waals surface area contributed by atoms with E-state index in [1.54, 1.807) is 0 Å². The summed E-state index contributed by atoms with van der Waals surface area (Å²) in [5.74, 6) is 0. The van der Waals surface area contributed by atoms with E-state index in [1.165, 1.54) is 22.4 Å². The van der Waals surface area contributed by atoms with Crippen molar-refractivity contribution in [2.75, 3.05) is 5.32 Å². The zero-order valence-corrected chi connectivity index (χ0v) is 12.2. The molecule has 3 nitrogen and oxygen atoms in total. The fourth-order valence-corrected chi connectivity index (χ4v) is 2.42. The van der Waals surface area contributed by atoms with Crippen molar-refractivity contribution >= 4 is 5.69 Å². The Bertz CT molecular complexity index is 701. The van der Waals surface area contributed by atoms with Crippen LogP contribution < -0.4 is 5.32 Å². The molecule has 0 spiro atoms. The van der Waals surface area contributed by atoms with Gasteiger partial charge in [0, 0.05) is 31.0 Å². The zero-order chi connectivity index (χ0) is 14.5. The van der Waals surface area contributed by atoms with E-state index < -0.39 is 0 Å². The summed E-state index contributed by atoms with van der Waals surface area (Å²) >= 11 is 0. The van der Waals surface area contributed by atoms with E-state index in [9.17, 15) is 0 Å². The summed E-state index contributed by atoms with van der Waals surface area (Å²) in [6, 6.07) is 19.0. The fourth-order valence-electron chi connectivity index (χ4n) is 2.42. The van der Waals surface area contributed by atoms with Gasteiger partial charge in [0.05, 0.1) is 6.20 Å². The number of rotatable bonds is 5. The van der Waals surface area contributed by atoms with Gasteiger partial charge in [-0.05, 0) is 23.6 Å². The quantitative estimate of drug-likeness (QED) is 0.772. The number of aryl methyl sites for hydroxylation is 1. The van der Waals surface area contributed by atoms with Gasteiger partial charge in [-0.25, -0.2) is 0 Å². The molecule has 0 amide bonds. The van der Waals surface area contributed by atoms with E-state index in [-0.39, 0.29) is 0 Å². The van der Waals surface area contributed by atoms with E-state index in [0.717, 1.165) is 13.0 Å². The van der Waals surface area contributed by atoms with Crippen molar-refractivity contribution in [2.45, 2.75) is 13.0 Å². The van der Waals surface area contributed by atoms with Gasteiger partial charge in [-0.3, -0.25) is 4.68 Å². The Labute approximate surface area is 125 Å². The molecule has 0 aliphatic carbocycles. The van der Waals surface area contributed by atoms with Crippen molar-refractivity contribution in [1.82, 2.24) is 9.78 Å². The van der Waals surface area contributed by atoms with E-state index in [2.05, 4.69) is 65.0 Å². The van der Waals surface area contributed by atoms with Gasteiger partial charge in [-0.2, -0.15) is 5.10 Å². The van der Waals surface area contributed by atoms with Gasteiger partial charge in [0.25, 0.3) is 0 Å². The van der Waals surface area contributed by atoms with Crippen molar-refractivity contribution < 1.29 is 0 Å². The van der Waals surface area contributed by atoms with Gasteiger partial charge in [0.1, 0.15) is 0 Å². The van der Waals surface area contributed by atoms with Crippen LogP contribution in [0.15, 0.2) is 67.0 Å². The molecule has 0 fully saturated rings. The minimum Gasteiger partial charge on any atom is -0.381 e. The summed E-state index contributed by atoms with van der Waals surface area (Å²) in [5.41, 5.74) is 5.01. The lowest BCUT2D eigenvalue weighted by Gasteiger charge is -2.11. The Morgan fingerprint density at radius 1 is 0.952 bits per heavy atom. The number of hydrogen-bond acceptors (Lipinski definition) is 2. The SMILES string of the molecule is Cn1cc(CNc2ccccc2Cc2ccccc2)cn1. The fraction of sp³-hybridized carbons (Fsp3) is 0.167. The molecular weight excluding hydrogens is 258 g/mol. The Morgan fingerprint density at radius 3 is 2.48 bits per heavy atom. The topological polar surface area (TPSA) is 29.9 Å². The Hall–Kier alpha value is -2.55. The molecule has 0 aliphatic rings. The van der Waals surface area contributed by atoms with Crippen LogP contribution in [0, 0.1) is 0 Å². The number of nitrogens with zero attached hydrogens (tertiary/aromatic N) is 2. The molecule has 21 heavy (non-hydrogen) atoms. The number of benzene rings is 2. The monoisotopic (exact) mass is 277 g/mol. The average Bonchev–Trinajstić information content (AvgIpc) is 2.93. The minimum absolute atomic E-state index is 0.791. The molecule has 0 radical (unpaired) electrons. The number of anilines is 1. The molecule has 0 unspecified atom stereocenters. The lowest BCUT2D eigenvalue weighted by molar-refractivity contribution is 0.767. The highest BCUT2D eigenvalue weighted by Gasteiger charge is 2.03. The van der Waals surface area contributed by atoms with Crippen molar-refractivity contribution in [2.24, 2.45) is 7.05 Å². The van der Waals surface area contributed by atoms with Gasteiger partial charge in [-0.1, -0.05) is 48.5 Å². The molecule has 106 valence electrons. The lowest BCUT2D eigenvalue weighted by Crippen LogP contribution is -2.02. The molecule has 0 saturated heterocycles. The van der Waals surface area contributed by atoms with Crippen LogP contribution in [0.4, 0.5) is 5.69 Å². The average molecular weight is 277 g/mol. The minimum atomic E-state index is 0.791. The maximum Gasteiger partial charge on any atom is 0.0539 e. The van der Waals surface area contributed by atoms with Gasteiger partial charge >= 0.3 is 0 Å². The van der Waals surface area contributed by atoms with Crippen molar-refractivity contribution in [3.8, 4) is 0 Å². The first-order valence-corrected chi connectivity index (χ1v) is 7.14. The van der Waals surface area contributed by atoms with Gasteiger partial charge < -0.3 is 5.32 Å². The summed E-state index contributed by atoms with van der Waals surface area (Å²) in [7, 11) is 1.94. The molecule has 3 heteroatoms. The van der Waals surface area contributed by atoms with E-state index in [4.69, 9.17) is 0 Å². The first-order valence-electron chi connectivity index (χ1n) is 7.14. The highest BCUT2D eigenvalue weighted by atomic mass is 15.2. The predicted molar refractivity (Wildman–Crippen MR) is 86.2 cm³/mol. The van der Waals surface area contributed by atoms with Gasteiger partial charge in [-0.15, -0.1) is 0 Å². The van der Waals surface area contributed by atoms with Crippen LogP contribution in [0.5, 0.6) is 0 Å². The van der Waals surface area contributed by atoms with Crippen LogP contribution in [0.25, 0.3) is 0 Å². The summed E-state index contributed by atoms with van der Waals surface area (Å²) in [5, 5.41) is 7.71. The Balaban J connectivity index is 1.73. The first-order chi connectivity index (χ1) is 10.3. The highest BCUT2D eigenvalue weighted by Crippen LogP contribution is 2.19. The summed E-state index contributed by atoms with van der Waals surface area (Å²) < 4.78 is 1.83. The molecular formula is C18H19N3. The molecule has 2 aromatic carbocycles. The third-order valence-corrected chi connectivity index (χ3v) is 3.50. The Kier molecular flexibility index (Phi) is 4.01. The van der Waals surface area contributed by atoms with E-state index in [1.807, 2.05) is 24.1 Å². The normalized spacial score (nSPS) is 10.5. The van der Waals surface area contributed by atoms with Crippen LogP contribution in [-0.4, -0.2) is 9.78 Å². The summed E-state index contributed by atoms with van der Waals surface area (Å²) in [6.45, 7) is 0.791. The van der Waals surface area contributed by atoms with Gasteiger partial charge in [0.2, 0.25) is 0 Å². The predicted octanol–water partition coefficient (Wildman–Crippen LogP) is 3.62. The van der Waals surface area contributed by atoms with Crippen LogP contribution in [0.3, 0.4) is 0 Å². The van der Waals surface area contributed by atoms with E-state index >= 15 is 0 Å². The molecule has 1 heterocycles. The van der Waals surface area contributed by atoms with Crippen LogP contribution in [0.1, 0.15) is 16.7 Å². The Morgan fingerprint density at radius 2 is 1.71 bits per heavy atom. The van der Waals surface area contributed by atoms with E-state index in [0.29, 0.717) is 0 Å². The highest BCUT2D eigenvalue weighted by molar-refractivity contribution is 5.53. The van der Waals surface area contributed by atoms with Crippen LogP contribution in [0.2, 0.25) is 0 Å². The largest absolute Gasteiger partial charge is 0.381 e. The van der Waals surface area contributed by atoms with Crippen LogP contribution >= 0.6 is 0 Å². The number of aromatic nitrogens is 2. The summed E-state index contributed by atoms with van der Waals surface area (Å²) in [6.07, 6.45) is 4.87. The molecule has 1 aromatic heterocycles. The maximum atomic E-state index is 4.20. The molecule has 0 atom stereocenters. The number of hydrogen-bond donors (Lipinski definition) is 1. The second kappa shape index (κ2) is 6.27. The molecule has 1 N–H and O–H groups in total. The van der Waals surface area contributed by atoms with Gasteiger partial charge in [0.15, 0.2) is 0 Å². The van der Waals surface area contributed by atoms with Crippen molar-refractivity contribution in [3.05, 3.63) is 83.7 Å². The van der Waals surface area contributed by atoms with Crippen LogP contribution in [-0.2, 0) is 20.0 Å². The molecule has 3 aromatic rings. The molecule has 0 bridgehead atoms. The standard InChI is InChI=1S/C18H19N3/c1-21-14-16(13-20-21)12-19-18-10-6-5-9-17(18)11-15-7-3-2-4-8-15/h2-10,13-14,19H,11-12H2,1H3.